The number of aromatic nitrogens is 2. The average Bonchev–Trinajstić information content (AvgIpc) is 3.44. The van der Waals surface area contributed by atoms with Gasteiger partial charge >= 0.3 is 18.3 Å². The Kier molecular flexibility index (Phi) is 17.2. The Bertz CT molecular complexity index is 1740. The van der Waals surface area contributed by atoms with E-state index < -0.39 is 35.9 Å². The van der Waals surface area contributed by atoms with Gasteiger partial charge in [0.15, 0.2) is 16.7 Å². The fourth-order valence-electron chi connectivity index (χ4n) is 4.75. The van der Waals surface area contributed by atoms with Crippen molar-refractivity contribution in [2.24, 2.45) is 16.7 Å². The van der Waals surface area contributed by atoms with Crippen LogP contribution in [0.1, 0.15) is 68.0 Å². The molecule has 2 unspecified atom stereocenters. The molecule has 1 aromatic heterocycles. The predicted octanol–water partition coefficient (Wildman–Crippen LogP) is 4.79. The molecular formula is C34H44ClN7O12. The van der Waals surface area contributed by atoms with Gasteiger partial charge in [0.2, 0.25) is 12.5 Å². The lowest BCUT2D eigenvalue weighted by atomic mass is 9.98. The standard InChI is InChI=1S/C34H44ClN7O12/c1-5-7-12-28-38-30(35)29(32(43)53-23(4)54-33(44)49-6-2)40(28)21-24-13-15-25(16-14-24)26-10-8-9-11-27(26)31(36)39-41(37)22(3)52-34(45)50-19-17-48-18-20-51-42(46)47/h8-11,13-16,22-23H,5-7,12,17-21,37H2,1-4H3,(H2,36,39). The fraction of sp³-hybridized carbons (Fsp3) is 0.441. The summed E-state index contributed by atoms with van der Waals surface area (Å²) in [6.45, 7) is 6.29. The molecule has 0 radical (unpaired) electrons. The second-order valence-corrected chi connectivity index (χ2v) is 11.6. The van der Waals surface area contributed by atoms with Crippen molar-refractivity contribution in [2.75, 3.05) is 33.0 Å². The highest BCUT2D eigenvalue weighted by Crippen LogP contribution is 2.26. The Hall–Kier alpha value is -5.66. The van der Waals surface area contributed by atoms with Crippen molar-refractivity contribution in [1.82, 2.24) is 14.7 Å². The molecule has 0 aliphatic heterocycles. The van der Waals surface area contributed by atoms with E-state index in [9.17, 15) is 24.5 Å². The minimum absolute atomic E-state index is 0.0188. The molecular weight excluding hydrogens is 734 g/mol. The minimum atomic E-state index is -1.24. The van der Waals surface area contributed by atoms with Gasteiger partial charge in [-0.25, -0.2) is 25.2 Å². The summed E-state index contributed by atoms with van der Waals surface area (Å²) in [5.41, 5.74) is 9.25. The van der Waals surface area contributed by atoms with E-state index >= 15 is 0 Å². The Morgan fingerprint density at radius 3 is 2.35 bits per heavy atom. The van der Waals surface area contributed by atoms with Gasteiger partial charge in [0.1, 0.15) is 19.0 Å². The van der Waals surface area contributed by atoms with Crippen LogP contribution in [0.3, 0.4) is 0 Å². The molecule has 0 spiro atoms. The third-order valence-electron chi connectivity index (χ3n) is 7.29. The molecule has 3 rings (SSSR count). The van der Waals surface area contributed by atoms with Gasteiger partial charge < -0.3 is 43.6 Å². The van der Waals surface area contributed by atoms with Crippen LogP contribution in [0, 0.1) is 10.1 Å². The molecule has 4 N–H and O–H groups in total. The smallest absolute Gasteiger partial charge is 0.435 e. The zero-order valence-electron chi connectivity index (χ0n) is 30.3. The Balaban J connectivity index is 1.71. The number of esters is 1. The van der Waals surface area contributed by atoms with Crippen LogP contribution in [0.15, 0.2) is 53.6 Å². The molecule has 0 saturated carbocycles. The molecule has 294 valence electrons. The number of hydrogen-bond donors (Lipinski definition) is 2. The van der Waals surface area contributed by atoms with Crippen LogP contribution in [0.25, 0.3) is 11.1 Å². The summed E-state index contributed by atoms with van der Waals surface area (Å²) in [7, 11) is 0. The number of carbonyl (C=O) groups is 3. The van der Waals surface area contributed by atoms with E-state index in [-0.39, 0.29) is 56.3 Å². The number of imidazole rings is 1. The number of carbonyl (C=O) groups excluding carboxylic acids is 3. The monoisotopic (exact) mass is 777 g/mol. The quantitative estimate of drug-likeness (QED) is 0.0170. The average molecular weight is 778 g/mol. The number of nitrogens with zero attached hydrogens (tertiary/aromatic N) is 5. The Labute approximate surface area is 316 Å². The summed E-state index contributed by atoms with van der Waals surface area (Å²) >= 11 is 6.45. The first-order valence-corrected chi connectivity index (χ1v) is 17.3. The van der Waals surface area contributed by atoms with Gasteiger partial charge in [0.25, 0.3) is 5.09 Å². The zero-order chi connectivity index (χ0) is 39.6. The number of benzene rings is 2. The van der Waals surface area contributed by atoms with Crippen molar-refractivity contribution < 1.29 is 52.7 Å². The maximum Gasteiger partial charge on any atom is 0.511 e. The number of hydrazine groups is 1. The number of nitrogens with two attached hydrogens (primary N) is 2. The Morgan fingerprint density at radius 2 is 1.67 bits per heavy atom. The van der Waals surface area contributed by atoms with E-state index in [1.54, 1.807) is 23.6 Å². The molecule has 0 bridgehead atoms. The molecule has 1 heterocycles. The van der Waals surface area contributed by atoms with Gasteiger partial charge in [0.05, 0.1) is 19.8 Å². The molecule has 19 nitrogen and oxygen atoms in total. The maximum absolute atomic E-state index is 13.2. The molecule has 54 heavy (non-hydrogen) atoms. The summed E-state index contributed by atoms with van der Waals surface area (Å²) < 4.78 is 31.8. The zero-order valence-corrected chi connectivity index (χ0v) is 31.1. The van der Waals surface area contributed by atoms with Gasteiger partial charge in [-0.15, -0.1) is 15.2 Å². The minimum Gasteiger partial charge on any atom is -0.435 e. The van der Waals surface area contributed by atoms with Gasteiger partial charge in [-0.3, -0.25) is 0 Å². The number of amidine groups is 1. The third-order valence-corrected chi connectivity index (χ3v) is 7.56. The number of rotatable bonds is 21. The summed E-state index contributed by atoms with van der Waals surface area (Å²) in [4.78, 5) is 55.6. The molecule has 20 heteroatoms. The van der Waals surface area contributed by atoms with E-state index in [1.165, 1.54) is 13.8 Å². The highest BCUT2D eigenvalue weighted by atomic mass is 35.5. The van der Waals surface area contributed by atoms with E-state index in [1.807, 2.05) is 43.3 Å². The van der Waals surface area contributed by atoms with Crippen LogP contribution >= 0.6 is 11.6 Å². The Morgan fingerprint density at radius 1 is 0.981 bits per heavy atom. The van der Waals surface area contributed by atoms with Crippen molar-refractivity contribution in [3.05, 3.63) is 86.4 Å². The summed E-state index contributed by atoms with van der Waals surface area (Å²) in [5.74, 6) is 5.83. The van der Waals surface area contributed by atoms with E-state index in [2.05, 4.69) is 14.9 Å². The number of ether oxygens (including phenoxy) is 6. The molecule has 3 aromatic rings. The number of hydrogen-bond acceptors (Lipinski definition) is 16. The highest BCUT2D eigenvalue weighted by Gasteiger charge is 2.26. The molecule has 0 aliphatic rings. The normalized spacial score (nSPS) is 12.3. The van der Waals surface area contributed by atoms with E-state index in [4.69, 9.17) is 51.6 Å². The number of aryl methyl sites for hydroxylation is 1. The van der Waals surface area contributed by atoms with Crippen LogP contribution in [-0.2, 0) is 46.2 Å². The molecule has 0 aliphatic carbocycles. The lowest BCUT2D eigenvalue weighted by Crippen LogP contribution is -2.40. The van der Waals surface area contributed by atoms with Crippen molar-refractivity contribution >= 4 is 35.7 Å². The number of hydrazone groups is 1. The molecule has 2 atom stereocenters. The van der Waals surface area contributed by atoms with Gasteiger partial charge in [-0.2, -0.15) is 5.12 Å². The molecule has 0 fully saturated rings. The second kappa shape index (κ2) is 21.8. The molecule has 0 amide bonds. The first-order chi connectivity index (χ1) is 25.8. The van der Waals surface area contributed by atoms with Gasteiger partial charge in [0, 0.05) is 25.5 Å². The van der Waals surface area contributed by atoms with Crippen LogP contribution < -0.4 is 11.6 Å². The highest BCUT2D eigenvalue weighted by molar-refractivity contribution is 6.32. The van der Waals surface area contributed by atoms with Gasteiger partial charge in [-0.1, -0.05) is 73.5 Å². The number of unbranched alkanes of at least 4 members (excludes halogenated alkanes) is 1. The fourth-order valence-corrected chi connectivity index (χ4v) is 5.03. The summed E-state index contributed by atoms with van der Waals surface area (Å²) in [5, 5.41) is 14.2. The first kappa shape index (κ1) is 42.8. The topological polar surface area (TPSA) is 244 Å². The summed E-state index contributed by atoms with van der Waals surface area (Å²) in [6, 6.07) is 14.7. The molecule has 0 saturated heterocycles. The van der Waals surface area contributed by atoms with Crippen LogP contribution in [0.5, 0.6) is 0 Å². The second-order valence-electron chi connectivity index (χ2n) is 11.2. The SMILES string of the molecule is CCCCc1nc(Cl)c(C(=O)OC(C)OC(=O)OCC)n1Cc1ccc(-c2ccccc2/C(N)=N/N(N)C(C)OC(=O)OCCOCCO[N+](=O)[O-])cc1. The predicted molar refractivity (Wildman–Crippen MR) is 192 cm³/mol. The van der Waals surface area contributed by atoms with Crippen molar-refractivity contribution in [3.63, 3.8) is 0 Å². The van der Waals surface area contributed by atoms with Gasteiger partial charge in [-0.05, 0) is 37.0 Å². The van der Waals surface area contributed by atoms with E-state index in [0.717, 1.165) is 34.6 Å². The third kappa shape index (κ3) is 13.4. The summed E-state index contributed by atoms with van der Waals surface area (Å²) in [6.07, 6.45) is -2.08. The van der Waals surface area contributed by atoms with Crippen molar-refractivity contribution in [3.8, 4) is 11.1 Å². The lowest BCUT2D eigenvalue weighted by Gasteiger charge is -2.21. The first-order valence-electron chi connectivity index (χ1n) is 16.9. The maximum atomic E-state index is 13.2. The van der Waals surface area contributed by atoms with Crippen LogP contribution in [0.2, 0.25) is 5.15 Å². The van der Waals surface area contributed by atoms with Crippen LogP contribution in [0.4, 0.5) is 9.59 Å². The molecule has 2 aromatic carbocycles. The van der Waals surface area contributed by atoms with Crippen LogP contribution in [-0.4, -0.2) is 89.4 Å². The number of halogens is 1. The van der Waals surface area contributed by atoms with Crippen molar-refractivity contribution in [1.29, 1.82) is 0 Å². The van der Waals surface area contributed by atoms with Crippen molar-refractivity contribution in [2.45, 2.75) is 66.0 Å². The largest absolute Gasteiger partial charge is 0.511 e. The van der Waals surface area contributed by atoms with E-state index in [0.29, 0.717) is 17.8 Å². The lowest BCUT2D eigenvalue weighted by molar-refractivity contribution is -0.758.